The molecule has 140 valence electrons. The zero-order valence-electron chi connectivity index (χ0n) is 14.6. The van der Waals surface area contributed by atoms with E-state index in [2.05, 4.69) is 5.32 Å². The van der Waals surface area contributed by atoms with Crippen LogP contribution in [0.1, 0.15) is 18.4 Å². The fourth-order valence-electron chi connectivity index (χ4n) is 3.49. The fraction of sp³-hybridized carbons (Fsp3) is 0.529. The summed E-state index contributed by atoms with van der Waals surface area (Å²) in [7, 11) is -2.39. The van der Waals surface area contributed by atoms with Crippen LogP contribution in [0.5, 0.6) is 5.75 Å². The molecule has 0 bridgehead atoms. The van der Waals surface area contributed by atoms with Crippen molar-refractivity contribution in [2.24, 2.45) is 0 Å². The molecule has 1 aromatic rings. The zero-order chi connectivity index (χ0) is 18.7. The number of carbonyl (C=O) groups is 1. The number of nitriles is 1. The van der Waals surface area contributed by atoms with Crippen LogP contribution in [0.25, 0.3) is 0 Å². The molecule has 2 saturated heterocycles. The van der Waals surface area contributed by atoms with Gasteiger partial charge in [-0.1, -0.05) is 0 Å². The van der Waals surface area contributed by atoms with Crippen LogP contribution in [-0.2, 0) is 14.8 Å². The normalized spacial score (nSPS) is 22.1. The molecule has 2 aliphatic heterocycles. The number of amides is 1. The lowest BCUT2D eigenvalue weighted by Crippen LogP contribution is -2.57. The first kappa shape index (κ1) is 18.6. The van der Waals surface area contributed by atoms with E-state index in [1.165, 1.54) is 29.6 Å². The molecule has 3 rings (SSSR count). The Morgan fingerprint density at radius 2 is 2.15 bits per heavy atom. The standard InChI is InChI=1S/C17H22N4O4S/c1-25-15-9-13(10-18)4-5-16(15)26(23,24)20-7-2-3-14(12-20)21-8-6-19-11-17(21)22/h4-5,9,14,19H,2-3,6-8,11-12H2,1H3. The molecule has 0 radical (unpaired) electrons. The van der Waals surface area contributed by atoms with E-state index in [4.69, 9.17) is 10.00 Å². The van der Waals surface area contributed by atoms with E-state index in [0.29, 0.717) is 31.6 Å². The van der Waals surface area contributed by atoms with Crippen molar-refractivity contribution in [2.75, 3.05) is 39.8 Å². The Labute approximate surface area is 153 Å². The highest BCUT2D eigenvalue weighted by molar-refractivity contribution is 7.89. The Hall–Kier alpha value is -2.15. The highest BCUT2D eigenvalue weighted by Crippen LogP contribution is 2.30. The largest absolute Gasteiger partial charge is 0.495 e. The van der Waals surface area contributed by atoms with E-state index < -0.39 is 10.0 Å². The van der Waals surface area contributed by atoms with Crippen LogP contribution in [-0.4, -0.2) is 69.4 Å². The monoisotopic (exact) mass is 378 g/mol. The fourth-order valence-corrected chi connectivity index (χ4v) is 5.14. The lowest BCUT2D eigenvalue weighted by atomic mass is 10.1. The second-order valence-electron chi connectivity index (χ2n) is 6.40. The summed E-state index contributed by atoms with van der Waals surface area (Å²) < 4.78 is 32.9. The molecule has 1 atom stereocenters. The van der Waals surface area contributed by atoms with Crippen LogP contribution in [0.3, 0.4) is 0 Å². The second kappa shape index (κ2) is 7.61. The molecule has 8 nitrogen and oxygen atoms in total. The maximum Gasteiger partial charge on any atom is 0.246 e. The van der Waals surface area contributed by atoms with Gasteiger partial charge in [0.25, 0.3) is 0 Å². The SMILES string of the molecule is COc1cc(C#N)ccc1S(=O)(=O)N1CCCC(N2CCNCC2=O)C1. The predicted octanol–water partition coefficient (Wildman–Crippen LogP) is 0.152. The van der Waals surface area contributed by atoms with Crippen molar-refractivity contribution in [3.05, 3.63) is 23.8 Å². The van der Waals surface area contributed by atoms with Crippen molar-refractivity contribution < 1.29 is 17.9 Å². The summed E-state index contributed by atoms with van der Waals surface area (Å²) in [6.07, 6.45) is 1.49. The number of ether oxygens (including phenoxy) is 1. The van der Waals surface area contributed by atoms with Crippen molar-refractivity contribution in [1.29, 1.82) is 5.26 Å². The summed E-state index contributed by atoms with van der Waals surface area (Å²) in [4.78, 5) is 14.0. The minimum Gasteiger partial charge on any atom is -0.495 e. The topological polar surface area (TPSA) is 103 Å². The van der Waals surface area contributed by atoms with Crippen molar-refractivity contribution in [3.63, 3.8) is 0 Å². The third kappa shape index (κ3) is 3.53. The average Bonchev–Trinajstić information content (AvgIpc) is 2.67. The summed E-state index contributed by atoms with van der Waals surface area (Å²) in [5.74, 6) is 0.167. The van der Waals surface area contributed by atoms with Crippen LogP contribution in [0, 0.1) is 11.3 Å². The van der Waals surface area contributed by atoms with Crippen molar-refractivity contribution in [3.8, 4) is 11.8 Å². The Morgan fingerprint density at radius 1 is 1.35 bits per heavy atom. The molecule has 1 unspecified atom stereocenters. The number of hydrogen-bond donors (Lipinski definition) is 1. The van der Waals surface area contributed by atoms with Crippen LogP contribution < -0.4 is 10.1 Å². The summed E-state index contributed by atoms with van der Waals surface area (Å²) >= 11 is 0. The highest BCUT2D eigenvalue weighted by Gasteiger charge is 2.36. The van der Waals surface area contributed by atoms with Crippen LogP contribution in [0.2, 0.25) is 0 Å². The first-order valence-corrected chi connectivity index (χ1v) is 10.00. The van der Waals surface area contributed by atoms with Crippen LogP contribution >= 0.6 is 0 Å². The third-order valence-electron chi connectivity index (χ3n) is 4.84. The Kier molecular flexibility index (Phi) is 5.46. The number of hydrogen-bond acceptors (Lipinski definition) is 6. The van der Waals surface area contributed by atoms with Gasteiger partial charge >= 0.3 is 0 Å². The van der Waals surface area contributed by atoms with E-state index in [-0.39, 0.29) is 29.1 Å². The Bertz CT molecular complexity index is 834. The molecule has 2 heterocycles. The number of nitrogens with zero attached hydrogens (tertiary/aromatic N) is 3. The van der Waals surface area contributed by atoms with E-state index in [1.54, 1.807) is 4.90 Å². The predicted molar refractivity (Wildman–Crippen MR) is 94.1 cm³/mol. The minimum atomic E-state index is -3.77. The number of carbonyl (C=O) groups excluding carboxylic acids is 1. The van der Waals surface area contributed by atoms with Crippen molar-refractivity contribution in [2.45, 2.75) is 23.8 Å². The van der Waals surface area contributed by atoms with Crippen LogP contribution in [0.4, 0.5) is 0 Å². The molecule has 26 heavy (non-hydrogen) atoms. The van der Waals surface area contributed by atoms with Crippen molar-refractivity contribution >= 4 is 15.9 Å². The molecule has 1 amide bonds. The van der Waals surface area contributed by atoms with Gasteiger partial charge in [0.15, 0.2) is 0 Å². The quantitative estimate of drug-likeness (QED) is 0.800. The number of benzene rings is 1. The maximum atomic E-state index is 13.1. The summed E-state index contributed by atoms with van der Waals surface area (Å²) in [6, 6.07) is 6.17. The molecule has 0 spiro atoms. The summed E-state index contributed by atoms with van der Waals surface area (Å²) in [5, 5.41) is 12.0. The summed E-state index contributed by atoms with van der Waals surface area (Å²) in [5.41, 5.74) is 0.337. The molecule has 2 fully saturated rings. The van der Waals surface area contributed by atoms with Gasteiger partial charge in [-0.3, -0.25) is 4.79 Å². The number of nitrogens with one attached hydrogen (secondary N) is 1. The lowest BCUT2D eigenvalue weighted by Gasteiger charge is -2.40. The lowest BCUT2D eigenvalue weighted by molar-refractivity contribution is -0.135. The molecular formula is C17H22N4O4S. The molecule has 1 N–H and O–H groups in total. The van der Waals surface area contributed by atoms with Gasteiger partial charge in [-0.25, -0.2) is 8.42 Å². The van der Waals surface area contributed by atoms with Crippen molar-refractivity contribution in [1.82, 2.24) is 14.5 Å². The van der Waals surface area contributed by atoms with Gasteiger partial charge in [0.05, 0.1) is 25.3 Å². The number of rotatable bonds is 4. The zero-order valence-corrected chi connectivity index (χ0v) is 15.5. The molecular weight excluding hydrogens is 356 g/mol. The molecule has 0 aliphatic carbocycles. The first-order chi connectivity index (χ1) is 12.5. The molecule has 9 heteroatoms. The van der Waals surface area contributed by atoms with Crippen LogP contribution in [0.15, 0.2) is 23.1 Å². The molecule has 0 saturated carbocycles. The Morgan fingerprint density at radius 3 is 2.85 bits per heavy atom. The van der Waals surface area contributed by atoms with Gasteiger partial charge in [0, 0.05) is 32.2 Å². The Balaban J connectivity index is 1.85. The average molecular weight is 378 g/mol. The first-order valence-electron chi connectivity index (χ1n) is 8.56. The van der Waals surface area contributed by atoms with E-state index in [1.807, 2.05) is 6.07 Å². The van der Waals surface area contributed by atoms with Gasteiger partial charge in [-0.15, -0.1) is 0 Å². The van der Waals surface area contributed by atoms with Gasteiger partial charge in [0.2, 0.25) is 15.9 Å². The van der Waals surface area contributed by atoms with Gasteiger partial charge in [0.1, 0.15) is 10.6 Å². The highest BCUT2D eigenvalue weighted by atomic mass is 32.2. The number of sulfonamides is 1. The minimum absolute atomic E-state index is 0.0106. The van der Waals surface area contributed by atoms with Gasteiger partial charge in [-0.05, 0) is 31.0 Å². The van der Waals surface area contributed by atoms with E-state index >= 15 is 0 Å². The third-order valence-corrected chi connectivity index (χ3v) is 6.74. The smallest absolute Gasteiger partial charge is 0.246 e. The van der Waals surface area contributed by atoms with E-state index in [0.717, 1.165) is 13.0 Å². The second-order valence-corrected chi connectivity index (χ2v) is 8.31. The number of piperazine rings is 1. The molecule has 1 aromatic carbocycles. The number of piperidine rings is 1. The van der Waals surface area contributed by atoms with Gasteiger partial charge in [-0.2, -0.15) is 9.57 Å². The molecule has 0 aromatic heterocycles. The molecule has 2 aliphatic rings. The summed E-state index contributed by atoms with van der Waals surface area (Å²) in [6.45, 7) is 2.29. The van der Waals surface area contributed by atoms with Gasteiger partial charge < -0.3 is 15.0 Å². The number of methoxy groups -OCH3 is 1. The maximum absolute atomic E-state index is 13.1. The van der Waals surface area contributed by atoms with E-state index in [9.17, 15) is 13.2 Å².